The molecule has 0 bridgehead atoms. The van der Waals surface area contributed by atoms with Crippen LogP contribution in [0.2, 0.25) is 0 Å². The lowest BCUT2D eigenvalue weighted by atomic mass is 10.4. The van der Waals surface area contributed by atoms with Gasteiger partial charge in [0.15, 0.2) is 0 Å². The highest BCUT2D eigenvalue weighted by atomic mass is 14.8. The second kappa shape index (κ2) is 6.57. The largest absolute Gasteiger partial charge is 0.260 e. The van der Waals surface area contributed by atoms with Gasteiger partial charge in [-0.05, 0) is 24.0 Å². The summed E-state index contributed by atoms with van der Waals surface area (Å²) in [6.07, 6.45) is 12.9. The average molecular weight is 232 g/mol. The molecule has 0 aromatic carbocycles. The summed E-state index contributed by atoms with van der Waals surface area (Å²) in [5.41, 5.74) is 1.26. The number of hydrogen-bond acceptors (Lipinski definition) is 4. The van der Waals surface area contributed by atoms with Gasteiger partial charge in [0.05, 0.1) is 12.4 Å². The molecule has 0 aliphatic rings. The quantitative estimate of drug-likeness (QED) is 0.641. The molecule has 2 heterocycles. The van der Waals surface area contributed by atoms with Crippen molar-refractivity contribution in [2.45, 2.75) is 0 Å². The highest BCUT2D eigenvalue weighted by Gasteiger charge is 1.82. The average Bonchev–Trinajstić information content (AvgIpc) is 2.45. The number of aromatic nitrogens is 4. The van der Waals surface area contributed by atoms with Crippen molar-refractivity contribution < 1.29 is 0 Å². The zero-order chi connectivity index (χ0) is 12.5. The van der Waals surface area contributed by atoms with Gasteiger partial charge >= 0.3 is 0 Å². The number of hydrogen-bond donors (Lipinski definition) is 0. The van der Waals surface area contributed by atoms with Crippen molar-refractivity contribution in [1.29, 1.82) is 0 Å². The summed E-state index contributed by atoms with van der Waals surface area (Å²) in [6.45, 7) is 0. The standard InChI is InChI=1S/C14H8N4/c1(3-5-13-11-15-7-9-17-13)2-4-6-14-12-16-8-10-18-14/h1-2,7-12H/b2-1-. The zero-order valence-electron chi connectivity index (χ0n) is 9.41. The lowest BCUT2D eigenvalue weighted by Crippen LogP contribution is -1.81. The summed E-state index contributed by atoms with van der Waals surface area (Å²) < 4.78 is 0. The van der Waals surface area contributed by atoms with Crippen molar-refractivity contribution in [3.8, 4) is 23.7 Å². The maximum absolute atomic E-state index is 4.02. The topological polar surface area (TPSA) is 51.6 Å². The molecule has 0 aliphatic heterocycles. The molecule has 0 fully saturated rings. The lowest BCUT2D eigenvalue weighted by Gasteiger charge is -1.83. The van der Waals surface area contributed by atoms with Gasteiger partial charge in [0.1, 0.15) is 11.4 Å². The predicted molar refractivity (Wildman–Crippen MR) is 67.0 cm³/mol. The highest BCUT2D eigenvalue weighted by Crippen LogP contribution is 1.86. The number of allylic oxidation sites excluding steroid dienone is 2. The minimum absolute atomic E-state index is 0.629. The van der Waals surface area contributed by atoms with Crippen LogP contribution in [-0.2, 0) is 0 Å². The van der Waals surface area contributed by atoms with E-state index in [4.69, 9.17) is 0 Å². The van der Waals surface area contributed by atoms with Crippen molar-refractivity contribution in [3.63, 3.8) is 0 Å². The van der Waals surface area contributed by atoms with Crippen molar-refractivity contribution in [2.24, 2.45) is 0 Å². The Labute approximate surface area is 105 Å². The first-order valence-corrected chi connectivity index (χ1v) is 5.15. The van der Waals surface area contributed by atoms with E-state index in [-0.39, 0.29) is 0 Å². The first-order valence-electron chi connectivity index (χ1n) is 5.15. The van der Waals surface area contributed by atoms with Crippen LogP contribution in [0.3, 0.4) is 0 Å². The molecule has 18 heavy (non-hydrogen) atoms. The van der Waals surface area contributed by atoms with E-state index in [1.807, 2.05) is 0 Å². The van der Waals surface area contributed by atoms with Gasteiger partial charge in [-0.3, -0.25) is 9.97 Å². The van der Waals surface area contributed by atoms with Crippen molar-refractivity contribution in [2.75, 3.05) is 0 Å². The molecular weight excluding hydrogens is 224 g/mol. The van der Waals surface area contributed by atoms with Crippen molar-refractivity contribution >= 4 is 0 Å². The lowest BCUT2D eigenvalue weighted by molar-refractivity contribution is 1.17. The van der Waals surface area contributed by atoms with Crippen molar-refractivity contribution in [1.82, 2.24) is 19.9 Å². The monoisotopic (exact) mass is 232 g/mol. The third-order valence-corrected chi connectivity index (χ3v) is 1.78. The van der Waals surface area contributed by atoms with E-state index in [2.05, 4.69) is 43.6 Å². The van der Waals surface area contributed by atoms with Crippen LogP contribution >= 0.6 is 0 Å². The fourth-order valence-corrected chi connectivity index (χ4v) is 1.04. The van der Waals surface area contributed by atoms with Gasteiger partial charge < -0.3 is 0 Å². The van der Waals surface area contributed by atoms with Crippen molar-refractivity contribution in [3.05, 3.63) is 60.7 Å². The summed E-state index contributed by atoms with van der Waals surface area (Å²) in [6, 6.07) is 0. The Morgan fingerprint density at radius 2 is 1.22 bits per heavy atom. The minimum Gasteiger partial charge on any atom is -0.260 e. The van der Waals surface area contributed by atoms with Gasteiger partial charge in [-0.15, -0.1) is 0 Å². The van der Waals surface area contributed by atoms with Gasteiger partial charge in [-0.1, -0.05) is 11.8 Å². The molecule has 0 saturated heterocycles. The van der Waals surface area contributed by atoms with E-state index in [1.165, 1.54) is 0 Å². The molecule has 0 N–H and O–H groups in total. The fourth-order valence-electron chi connectivity index (χ4n) is 1.04. The number of rotatable bonds is 0. The van der Waals surface area contributed by atoms with E-state index < -0.39 is 0 Å². The van der Waals surface area contributed by atoms with Crippen LogP contribution in [0.5, 0.6) is 0 Å². The third kappa shape index (κ3) is 3.88. The molecule has 2 rings (SSSR count). The molecule has 0 atom stereocenters. The molecular formula is C14H8N4. The Morgan fingerprint density at radius 3 is 1.61 bits per heavy atom. The molecule has 84 valence electrons. The summed E-state index contributed by atoms with van der Waals surface area (Å²) in [5.74, 6) is 11.3. The molecule has 0 aliphatic carbocycles. The Bertz CT molecular complexity index is 581. The molecule has 2 aromatic rings. The van der Waals surface area contributed by atoms with Crippen LogP contribution in [0.4, 0.5) is 0 Å². The second-order valence-corrected chi connectivity index (χ2v) is 3.05. The van der Waals surface area contributed by atoms with E-state index >= 15 is 0 Å². The normalized spacial score (nSPS) is 9.11. The molecule has 2 aromatic heterocycles. The molecule has 4 heteroatoms. The van der Waals surface area contributed by atoms with Gasteiger partial charge in [0, 0.05) is 24.8 Å². The van der Waals surface area contributed by atoms with E-state index in [0.29, 0.717) is 11.4 Å². The smallest absolute Gasteiger partial charge is 0.131 e. The van der Waals surface area contributed by atoms with Crippen LogP contribution in [0.15, 0.2) is 49.3 Å². The van der Waals surface area contributed by atoms with Gasteiger partial charge in [0.25, 0.3) is 0 Å². The van der Waals surface area contributed by atoms with Crippen LogP contribution in [-0.4, -0.2) is 19.9 Å². The molecule has 0 amide bonds. The highest BCUT2D eigenvalue weighted by molar-refractivity contribution is 5.35. The molecule has 0 spiro atoms. The fraction of sp³-hybridized carbons (Fsp3) is 0. The molecule has 0 unspecified atom stereocenters. The summed E-state index contributed by atoms with van der Waals surface area (Å²) in [7, 11) is 0. The molecule has 0 radical (unpaired) electrons. The second-order valence-electron chi connectivity index (χ2n) is 3.05. The zero-order valence-corrected chi connectivity index (χ0v) is 9.41. The summed E-state index contributed by atoms with van der Waals surface area (Å²) >= 11 is 0. The van der Waals surface area contributed by atoms with Gasteiger partial charge in [-0.25, -0.2) is 9.97 Å². The van der Waals surface area contributed by atoms with E-state index in [0.717, 1.165) is 0 Å². The Morgan fingerprint density at radius 1 is 0.722 bits per heavy atom. The third-order valence-electron chi connectivity index (χ3n) is 1.78. The van der Waals surface area contributed by atoms with Gasteiger partial charge in [-0.2, -0.15) is 0 Å². The SMILES string of the molecule is C(#Cc1cnccn1)/C=C\C#Cc1cnccn1. The molecule has 4 nitrogen and oxygen atoms in total. The first kappa shape index (κ1) is 11.5. The maximum atomic E-state index is 4.02. The summed E-state index contributed by atoms with van der Waals surface area (Å²) in [5, 5.41) is 0. The Balaban J connectivity index is 1.94. The Kier molecular flexibility index (Phi) is 4.20. The molecule has 0 saturated carbocycles. The van der Waals surface area contributed by atoms with E-state index in [9.17, 15) is 0 Å². The maximum Gasteiger partial charge on any atom is 0.131 e. The van der Waals surface area contributed by atoms with Crippen LogP contribution in [0.1, 0.15) is 11.4 Å². The van der Waals surface area contributed by atoms with E-state index in [1.54, 1.807) is 49.3 Å². The Hall–Kier alpha value is -2.98. The van der Waals surface area contributed by atoms with Crippen LogP contribution in [0.25, 0.3) is 0 Å². The van der Waals surface area contributed by atoms with Gasteiger partial charge in [0.2, 0.25) is 0 Å². The summed E-state index contributed by atoms with van der Waals surface area (Å²) in [4.78, 5) is 15.9. The predicted octanol–water partition coefficient (Wildman–Crippen LogP) is 1.23. The first-order chi connectivity index (χ1) is 8.95. The van der Waals surface area contributed by atoms with Crippen LogP contribution < -0.4 is 0 Å². The number of nitrogens with zero attached hydrogens (tertiary/aromatic N) is 4. The minimum atomic E-state index is 0.629. The van der Waals surface area contributed by atoms with Crippen LogP contribution in [0, 0.1) is 23.7 Å².